The Labute approximate surface area is 174 Å². The molecule has 1 atom stereocenters. The van der Waals surface area contributed by atoms with Crippen LogP contribution in [0.3, 0.4) is 0 Å². The third kappa shape index (κ3) is 3.27. The van der Waals surface area contributed by atoms with Crippen LogP contribution in [-0.4, -0.2) is 56.8 Å². The van der Waals surface area contributed by atoms with Gasteiger partial charge in [-0.15, -0.1) is 0 Å². The van der Waals surface area contributed by atoms with E-state index >= 15 is 0 Å². The summed E-state index contributed by atoms with van der Waals surface area (Å²) in [5.74, 6) is 1.07. The van der Waals surface area contributed by atoms with E-state index in [0.29, 0.717) is 18.8 Å². The first kappa shape index (κ1) is 18.6. The third-order valence-electron chi connectivity index (χ3n) is 5.76. The summed E-state index contributed by atoms with van der Waals surface area (Å²) in [4.78, 5) is 25.9. The van der Waals surface area contributed by atoms with Gasteiger partial charge >= 0.3 is 0 Å². The fraction of sp³-hybridized carbons (Fsp3) is 0.261. The number of carbonyl (C=O) groups is 1. The summed E-state index contributed by atoms with van der Waals surface area (Å²) in [7, 11) is 2.08. The average molecular weight is 401 g/mol. The molecule has 30 heavy (non-hydrogen) atoms. The minimum atomic E-state index is -0.0661. The second kappa shape index (κ2) is 7.42. The van der Waals surface area contributed by atoms with Gasteiger partial charge in [-0.2, -0.15) is 0 Å². The molecule has 0 saturated carbocycles. The van der Waals surface area contributed by atoms with Crippen LogP contribution in [0.4, 0.5) is 0 Å². The van der Waals surface area contributed by atoms with Crippen LogP contribution >= 0.6 is 0 Å². The van der Waals surface area contributed by atoms with Gasteiger partial charge in [0.2, 0.25) is 0 Å². The summed E-state index contributed by atoms with van der Waals surface area (Å²) >= 11 is 0. The molecule has 1 saturated heterocycles. The van der Waals surface area contributed by atoms with E-state index in [1.165, 1.54) is 0 Å². The monoisotopic (exact) mass is 401 g/mol. The number of aryl methyl sites for hydroxylation is 1. The molecule has 4 aromatic rings. The van der Waals surface area contributed by atoms with E-state index in [4.69, 9.17) is 9.40 Å². The van der Waals surface area contributed by atoms with Gasteiger partial charge in [-0.05, 0) is 43.8 Å². The number of rotatable bonds is 3. The summed E-state index contributed by atoms with van der Waals surface area (Å²) in [5, 5.41) is 0. The van der Waals surface area contributed by atoms with Crippen molar-refractivity contribution in [3.8, 4) is 11.1 Å². The van der Waals surface area contributed by atoms with E-state index < -0.39 is 0 Å². The lowest BCUT2D eigenvalue weighted by atomic mass is 10.1. The number of piperazine rings is 1. The van der Waals surface area contributed by atoms with Crippen molar-refractivity contribution in [2.45, 2.75) is 13.0 Å². The zero-order valence-corrected chi connectivity index (χ0v) is 17.0. The Morgan fingerprint density at radius 1 is 1.13 bits per heavy atom. The van der Waals surface area contributed by atoms with E-state index in [1.807, 2.05) is 46.9 Å². The third-order valence-corrected chi connectivity index (χ3v) is 5.76. The number of furan rings is 1. The lowest BCUT2D eigenvalue weighted by Gasteiger charge is -2.38. The fourth-order valence-corrected chi connectivity index (χ4v) is 4.04. The molecule has 7 heteroatoms. The highest BCUT2D eigenvalue weighted by Crippen LogP contribution is 2.29. The van der Waals surface area contributed by atoms with Crippen molar-refractivity contribution in [3.05, 3.63) is 78.5 Å². The van der Waals surface area contributed by atoms with Crippen LogP contribution in [0.2, 0.25) is 0 Å². The normalized spacial score (nSPS) is 17.5. The standard InChI is InChI=1S/C23H23N5O2/c1-16-5-8-21(30-16)23(29)27-11-10-26(2)20(14-27)22-19-7-6-18(13-28(19)15-25-22)17-4-3-9-24-12-17/h3-9,12-13,15,20H,10-11,14H2,1-2H3/t20-/m1/s1. The minimum absolute atomic E-state index is 0.0213. The molecule has 1 fully saturated rings. The van der Waals surface area contributed by atoms with E-state index in [2.05, 4.69) is 35.3 Å². The molecule has 0 N–H and O–H groups in total. The molecule has 0 aromatic carbocycles. The predicted molar refractivity (Wildman–Crippen MR) is 113 cm³/mol. The average Bonchev–Trinajstić information content (AvgIpc) is 3.40. The topological polar surface area (TPSA) is 66.9 Å². The SMILES string of the molecule is Cc1ccc(C(=O)N2CCN(C)[C@@H](c3ncn4cc(-c5cccnc5)ccc34)C2)o1. The molecule has 4 aromatic heterocycles. The first-order chi connectivity index (χ1) is 14.6. The molecular weight excluding hydrogens is 378 g/mol. The van der Waals surface area contributed by atoms with Gasteiger partial charge in [-0.25, -0.2) is 4.98 Å². The summed E-state index contributed by atoms with van der Waals surface area (Å²) in [6.07, 6.45) is 7.54. The number of aromatic nitrogens is 3. The van der Waals surface area contributed by atoms with Crippen LogP contribution in [0.25, 0.3) is 16.6 Å². The highest BCUT2D eigenvalue weighted by atomic mass is 16.3. The first-order valence-corrected chi connectivity index (χ1v) is 10.0. The number of pyridine rings is 2. The molecule has 0 bridgehead atoms. The quantitative estimate of drug-likeness (QED) is 0.526. The molecule has 5 heterocycles. The Hall–Kier alpha value is -3.45. The molecular formula is C23H23N5O2. The summed E-state index contributed by atoms with van der Waals surface area (Å²) in [6, 6.07) is 11.8. The number of nitrogens with zero attached hydrogens (tertiary/aromatic N) is 5. The van der Waals surface area contributed by atoms with Crippen molar-refractivity contribution in [1.82, 2.24) is 24.2 Å². The highest BCUT2D eigenvalue weighted by molar-refractivity contribution is 5.91. The Bertz CT molecular complexity index is 1200. The van der Waals surface area contributed by atoms with Crippen LogP contribution in [-0.2, 0) is 0 Å². The molecule has 152 valence electrons. The first-order valence-electron chi connectivity index (χ1n) is 10.0. The van der Waals surface area contributed by atoms with Gasteiger partial charge < -0.3 is 13.7 Å². The van der Waals surface area contributed by atoms with E-state index in [0.717, 1.165) is 34.6 Å². The molecule has 7 nitrogen and oxygen atoms in total. The van der Waals surface area contributed by atoms with Crippen molar-refractivity contribution >= 4 is 11.4 Å². The predicted octanol–water partition coefficient (Wildman–Crippen LogP) is 3.43. The largest absolute Gasteiger partial charge is 0.456 e. The van der Waals surface area contributed by atoms with Gasteiger partial charge in [0, 0.05) is 43.8 Å². The maximum absolute atomic E-state index is 12.9. The second-order valence-corrected chi connectivity index (χ2v) is 7.74. The molecule has 5 rings (SSSR count). The summed E-state index contributed by atoms with van der Waals surface area (Å²) < 4.78 is 7.59. The van der Waals surface area contributed by atoms with Crippen LogP contribution in [0.1, 0.15) is 28.1 Å². The molecule has 0 aliphatic carbocycles. The number of hydrogen-bond donors (Lipinski definition) is 0. The smallest absolute Gasteiger partial charge is 0.289 e. The number of imidazole rings is 1. The van der Waals surface area contributed by atoms with Crippen molar-refractivity contribution < 1.29 is 9.21 Å². The zero-order chi connectivity index (χ0) is 20.7. The molecule has 0 spiro atoms. The highest BCUT2D eigenvalue weighted by Gasteiger charge is 2.32. The van der Waals surface area contributed by atoms with Crippen LogP contribution in [0.15, 0.2) is 65.7 Å². The number of fused-ring (bicyclic) bond motifs is 1. The maximum atomic E-state index is 12.9. The molecule has 1 amide bonds. The molecule has 0 radical (unpaired) electrons. The Morgan fingerprint density at radius 2 is 2.03 bits per heavy atom. The van der Waals surface area contributed by atoms with Gasteiger partial charge in [0.05, 0.1) is 23.6 Å². The lowest BCUT2D eigenvalue weighted by molar-refractivity contribution is 0.0512. The van der Waals surface area contributed by atoms with Gasteiger partial charge in [0.25, 0.3) is 5.91 Å². The molecule has 1 aliphatic heterocycles. The van der Waals surface area contributed by atoms with Gasteiger partial charge in [0.15, 0.2) is 5.76 Å². The van der Waals surface area contributed by atoms with Crippen LogP contribution in [0, 0.1) is 6.92 Å². The number of carbonyl (C=O) groups excluding carboxylic acids is 1. The molecule has 0 unspecified atom stereocenters. The number of amides is 1. The Kier molecular flexibility index (Phi) is 4.59. The zero-order valence-electron chi connectivity index (χ0n) is 17.0. The summed E-state index contributed by atoms with van der Waals surface area (Å²) in [6.45, 7) is 3.87. The maximum Gasteiger partial charge on any atom is 0.289 e. The van der Waals surface area contributed by atoms with Crippen molar-refractivity contribution in [2.24, 2.45) is 0 Å². The fourth-order valence-electron chi connectivity index (χ4n) is 4.04. The lowest BCUT2D eigenvalue weighted by Crippen LogP contribution is -2.49. The second-order valence-electron chi connectivity index (χ2n) is 7.74. The van der Waals surface area contributed by atoms with Crippen molar-refractivity contribution in [3.63, 3.8) is 0 Å². The number of hydrogen-bond acceptors (Lipinski definition) is 5. The Morgan fingerprint density at radius 3 is 2.80 bits per heavy atom. The van der Waals surface area contributed by atoms with Gasteiger partial charge in [-0.1, -0.05) is 12.1 Å². The van der Waals surface area contributed by atoms with Crippen LogP contribution in [0.5, 0.6) is 0 Å². The van der Waals surface area contributed by atoms with Crippen LogP contribution < -0.4 is 0 Å². The number of likely N-dealkylation sites (N-methyl/N-ethyl adjacent to an activating group) is 1. The van der Waals surface area contributed by atoms with E-state index in [1.54, 1.807) is 12.3 Å². The molecule has 1 aliphatic rings. The van der Waals surface area contributed by atoms with E-state index in [9.17, 15) is 4.79 Å². The Balaban J connectivity index is 1.44. The summed E-state index contributed by atoms with van der Waals surface area (Å²) in [5.41, 5.74) is 4.17. The van der Waals surface area contributed by atoms with Crippen molar-refractivity contribution in [1.29, 1.82) is 0 Å². The minimum Gasteiger partial charge on any atom is -0.456 e. The van der Waals surface area contributed by atoms with Gasteiger partial charge in [0.1, 0.15) is 5.76 Å². The van der Waals surface area contributed by atoms with E-state index in [-0.39, 0.29) is 11.9 Å². The van der Waals surface area contributed by atoms with Crippen molar-refractivity contribution in [2.75, 3.05) is 26.7 Å². The van der Waals surface area contributed by atoms with Gasteiger partial charge in [-0.3, -0.25) is 14.7 Å².